The molecule has 0 unspecified atom stereocenters. The van der Waals surface area contributed by atoms with E-state index < -0.39 is 0 Å². The van der Waals surface area contributed by atoms with Crippen LogP contribution in [0.15, 0.2) is 42.5 Å². The molecule has 4 nitrogen and oxygen atoms in total. The molecule has 1 saturated heterocycles. The van der Waals surface area contributed by atoms with Gasteiger partial charge in [-0.15, -0.1) is 0 Å². The average Bonchev–Trinajstić information content (AvgIpc) is 2.70. The van der Waals surface area contributed by atoms with Gasteiger partial charge in [0.05, 0.1) is 10.0 Å². The number of halogens is 2. The number of amides is 2. The molecule has 0 saturated carbocycles. The van der Waals surface area contributed by atoms with E-state index in [0.717, 1.165) is 12.8 Å². The number of carbonyl (C=O) groups is 2. The molecular weight excluding hydrogens is 395 g/mol. The molecule has 1 aliphatic heterocycles. The maximum Gasteiger partial charge on any atom is 0.253 e. The molecule has 148 valence electrons. The summed E-state index contributed by atoms with van der Waals surface area (Å²) in [6.45, 7) is 5.51. The van der Waals surface area contributed by atoms with Crippen LogP contribution in [0.1, 0.15) is 58.9 Å². The van der Waals surface area contributed by atoms with E-state index in [9.17, 15) is 9.59 Å². The van der Waals surface area contributed by atoms with Gasteiger partial charge in [-0.3, -0.25) is 9.59 Å². The Morgan fingerprint density at radius 1 is 0.964 bits per heavy atom. The first kappa shape index (κ1) is 20.7. The summed E-state index contributed by atoms with van der Waals surface area (Å²) in [5.41, 5.74) is 2.42. The minimum absolute atomic E-state index is 0.0364. The van der Waals surface area contributed by atoms with Crippen molar-refractivity contribution in [1.29, 1.82) is 0 Å². The second-order valence-corrected chi connectivity index (χ2v) is 8.26. The molecule has 2 aromatic carbocycles. The highest BCUT2D eigenvalue weighted by Gasteiger charge is 2.25. The number of piperidine rings is 1. The molecule has 2 amide bonds. The molecule has 3 rings (SSSR count). The van der Waals surface area contributed by atoms with Gasteiger partial charge < -0.3 is 10.2 Å². The van der Waals surface area contributed by atoms with E-state index >= 15 is 0 Å². The van der Waals surface area contributed by atoms with Crippen LogP contribution in [-0.2, 0) is 0 Å². The highest BCUT2D eigenvalue weighted by Crippen LogP contribution is 2.23. The van der Waals surface area contributed by atoms with Crippen LogP contribution in [0.5, 0.6) is 0 Å². The molecule has 0 aromatic heterocycles. The second kappa shape index (κ2) is 8.97. The molecule has 1 N–H and O–H groups in total. The lowest BCUT2D eigenvalue weighted by Gasteiger charge is -2.32. The lowest BCUT2D eigenvalue weighted by Crippen LogP contribution is -2.46. The van der Waals surface area contributed by atoms with Gasteiger partial charge in [0.25, 0.3) is 11.8 Å². The summed E-state index contributed by atoms with van der Waals surface area (Å²) in [6.07, 6.45) is 1.45. The third kappa shape index (κ3) is 4.86. The van der Waals surface area contributed by atoms with Crippen molar-refractivity contribution in [3.8, 4) is 0 Å². The molecule has 1 heterocycles. The van der Waals surface area contributed by atoms with E-state index in [2.05, 4.69) is 19.2 Å². The van der Waals surface area contributed by atoms with Crippen LogP contribution >= 0.6 is 23.2 Å². The number of hydrogen-bond donors (Lipinski definition) is 1. The third-order valence-corrected chi connectivity index (χ3v) is 5.86. The van der Waals surface area contributed by atoms with Crippen LogP contribution in [0.25, 0.3) is 0 Å². The first-order chi connectivity index (χ1) is 13.3. The van der Waals surface area contributed by atoms with Crippen molar-refractivity contribution >= 4 is 35.0 Å². The lowest BCUT2D eigenvalue weighted by molar-refractivity contribution is 0.0698. The first-order valence-electron chi connectivity index (χ1n) is 9.50. The lowest BCUT2D eigenvalue weighted by atomic mass is 10.00. The van der Waals surface area contributed by atoms with Gasteiger partial charge in [-0.05, 0) is 54.7 Å². The van der Waals surface area contributed by atoms with E-state index in [1.54, 1.807) is 18.2 Å². The molecule has 0 spiro atoms. The van der Waals surface area contributed by atoms with Crippen LogP contribution in [0.3, 0.4) is 0 Å². The third-order valence-electron chi connectivity index (χ3n) is 5.12. The van der Waals surface area contributed by atoms with Crippen molar-refractivity contribution in [1.82, 2.24) is 10.2 Å². The van der Waals surface area contributed by atoms with E-state index in [1.807, 2.05) is 29.2 Å². The molecule has 28 heavy (non-hydrogen) atoms. The Bertz CT molecular complexity index is 857. The second-order valence-electron chi connectivity index (χ2n) is 7.45. The summed E-state index contributed by atoms with van der Waals surface area (Å²) in [5.74, 6) is 0.316. The Labute approximate surface area is 175 Å². The fourth-order valence-electron chi connectivity index (χ4n) is 3.33. The molecule has 6 heteroatoms. The molecule has 0 radical (unpaired) electrons. The van der Waals surface area contributed by atoms with Gasteiger partial charge in [0, 0.05) is 30.3 Å². The molecule has 0 aliphatic carbocycles. The first-order valence-corrected chi connectivity index (χ1v) is 10.3. The van der Waals surface area contributed by atoms with Crippen molar-refractivity contribution < 1.29 is 9.59 Å². The van der Waals surface area contributed by atoms with Crippen molar-refractivity contribution in [3.63, 3.8) is 0 Å². The van der Waals surface area contributed by atoms with Gasteiger partial charge in [-0.2, -0.15) is 0 Å². The number of nitrogens with zero attached hydrogens (tertiary/aromatic N) is 1. The largest absolute Gasteiger partial charge is 0.349 e. The standard InChI is InChI=1S/C22H24Cl2N2O2/c1-14(2)15-3-5-16(6-4-15)22(28)26-11-9-18(10-12-26)25-21(27)17-7-8-19(23)20(24)13-17/h3-8,13-14,18H,9-12H2,1-2H3,(H,25,27). The predicted octanol–water partition coefficient (Wildman–Crippen LogP) is 5.15. The minimum atomic E-state index is -0.174. The highest BCUT2D eigenvalue weighted by molar-refractivity contribution is 6.42. The average molecular weight is 419 g/mol. The molecular formula is C22H24Cl2N2O2. The van der Waals surface area contributed by atoms with Gasteiger partial charge in [0.15, 0.2) is 0 Å². The van der Waals surface area contributed by atoms with Crippen molar-refractivity contribution in [3.05, 3.63) is 69.2 Å². The van der Waals surface area contributed by atoms with Gasteiger partial charge in [0.2, 0.25) is 0 Å². The van der Waals surface area contributed by atoms with Crippen molar-refractivity contribution in [2.24, 2.45) is 0 Å². The number of carbonyl (C=O) groups excluding carboxylic acids is 2. The van der Waals surface area contributed by atoms with Gasteiger partial charge in [0.1, 0.15) is 0 Å². The van der Waals surface area contributed by atoms with E-state index in [1.165, 1.54) is 5.56 Å². The monoisotopic (exact) mass is 418 g/mol. The van der Waals surface area contributed by atoms with E-state index in [0.29, 0.717) is 40.2 Å². The summed E-state index contributed by atoms with van der Waals surface area (Å²) < 4.78 is 0. The maximum absolute atomic E-state index is 12.7. The van der Waals surface area contributed by atoms with Crippen LogP contribution in [0, 0.1) is 0 Å². The fraction of sp³-hybridized carbons (Fsp3) is 0.364. The maximum atomic E-state index is 12.7. The predicted molar refractivity (Wildman–Crippen MR) is 113 cm³/mol. The van der Waals surface area contributed by atoms with Gasteiger partial charge >= 0.3 is 0 Å². The fourth-order valence-corrected chi connectivity index (χ4v) is 3.62. The highest BCUT2D eigenvalue weighted by atomic mass is 35.5. The summed E-state index contributed by atoms with van der Waals surface area (Å²) in [4.78, 5) is 27.0. The number of benzene rings is 2. The smallest absolute Gasteiger partial charge is 0.253 e. The Morgan fingerprint density at radius 3 is 2.14 bits per heavy atom. The molecule has 2 aromatic rings. The normalized spacial score (nSPS) is 15.0. The number of hydrogen-bond acceptors (Lipinski definition) is 2. The number of likely N-dealkylation sites (tertiary alicyclic amines) is 1. The van der Waals surface area contributed by atoms with Crippen molar-refractivity contribution in [2.75, 3.05) is 13.1 Å². The van der Waals surface area contributed by atoms with E-state index in [4.69, 9.17) is 23.2 Å². The molecule has 1 fully saturated rings. The summed E-state index contributed by atoms with van der Waals surface area (Å²) in [7, 11) is 0. The summed E-state index contributed by atoms with van der Waals surface area (Å²) in [5, 5.41) is 3.80. The van der Waals surface area contributed by atoms with Gasteiger partial charge in [-0.1, -0.05) is 49.2 Å². The zero-order chi connectivity index (χ0) is 20.3. The van der Waals surface area contributed by atoms with Crippen molar-refractivity contribution in [2.45, 2.75) is 38.6 Å². The Morgan fingerprint density at radius 2 is 1.57 bits per heavy atom. The van der Waals surface area contributed by atoms with E-state index in [-0.39, 0.29) is 17.9 Å². The molecule has 1 aliphatic rings. The van der Waals surface area contributed by atoms with Crippen LogP contribution in [0.4, 0.5) is 0 Å². The Kier molecular flexibility index (Phi) is 6.63. The molecule has 0 bridgehead atoms. The van der Waals surface area contributed by atoms with Crippen LogP contribution < -0.4 is 5.32 Å². The zero-order valence-electron chi connectivity index (χ0n) is 16.0. The number of rotatable bonds is 4. The Hall–Kier alpha value is -2.04. The van der Waals surface area contributed by atoms with Crippen LogP contribution in [0.2, 0.25) is 10.0 Å². The number of nitrogens with one attached hydrogen (secondary N) is 1. The van der Waals surface area contributed by atoms with Gasteiger partial charge in [-0.25, -0.2) is 0 Å². The quantitative estimate of drug-likeness (QED) is 0.745. The minimum Gasteiger partial charge on any atom is -0.349 e. The van der Waals surface area contributed by atoms with Crippen LogP contribution in [-0.4, -0.2) is 35.8 Å². The topological polar surface area (TPSA) is 49.4 Å². The zero-order valence-corrected chi connectivity index (χ0v) is 17.6. The summed E-state index contributed by atoms with van der Waals surface area (Å²) in [6, 6.07) is 12.7. The summed E-state index contributed by atoms with van der Waals surface area (Å²) >= 11 is 11.9. The SMILES string of the molecule is CC(C)c1ccc(C(=O)N2CCC(NC(=O)c3ccc(Cl)c(Cl)c3)CC2)cc1. The Balaban J connectivity index is 1.54. The molecule has 0 atom stereocenters.